The molecule has 2 aliphatic rings. The molecule has 0 bridgehead atoms. The molecule has 0 unspecified atom stereocenters. The lowest BCUT2D eigenvalue weighted by molar-refractivity contribution is -0.119. The van der Waals surface area contributed by atoms with E-state index >= 15 is 0 Å². The maximum absolute atomic E-state index is 11.6. The predicted molar refractivity (Wildman–Crippen MR) is 73.0 cm³/mol. The highest BCUT2D eigenvalue weighted by Crippen LogP contribution is 2.38. The summed E-state index contributed by atoms with van der Waals surface area (Å²) in [5, 5.41) is 6.02. The van der Waals surface area contributed by atoms with Crippen LogP contribution in [0.1, 0.15) is 43.1 Å². The van der Waals surface area contributed by atoms with Gasteiger partial charge < -0.3 is 10.6 Å². The third-order valence-corrected chi connectivity index (χ3v) is 3.53. The van der Waals surface area contributed by atoms with E-state index in [0.717, 1.165) is 23.9 Å². The standard InChI is InChI=1S/C14H20N4O/c1-9-6-12(18-14(17-9)11-4-5-11)15-8-13(19)16-7-10-2-3-10/h6,10-11H,2-5,7-8H2,1H3,(H,16,19)(H,15,17,18). The van der Waals surface area contributed by atoms with Gasteiger partial charge in [0.15, 0.2) is 0 Å². The molecule has 2 saturated carbocycles. The summed E-state index contributed by atoms with van der Waals surface area (Å²) in [6.07, 6.45) is 4.88. The topological polar surface area (TPSA) is 66.9 Å². The Morgan fingerprint density at radius 1 is 1.32 bits per heavy atom. The van der Waals surface area contributed by atoms with E-state index in [1.54, 1.807) is 0 Å². The zero-order valence-electron chi connectivity index (χ0n) is 11.3. The average Bonchev–Trinajstić information content (AvgIpc) is 3.27. The number of aromatic nitrogens is 2. The van der Waals surface area contributed by atoms with Gasteiger partial charge in [-0.05, 0) is 38.5 Å². The smallest absolute Gasteiger partial charge is 0.239 e. The van der Waals surface area contributed by atoms with Crippen molar-refractivity contribution in [1.29, 1.82) is 0 Å². The number of carbonyl (C=O) groups is 1. The first-order valence-corrected chi connectivity index (χ1v) is 7.07. The summed E-state index contributed by atoms with van der Waals surface area (Å²) in [5.74, 6) is 2.96. The molecule has 1 heterocycles. The molecular formula is C14H20N4O. The van der Waals surface area contributed by atoms with E-state index in [0.29, 0.717) is 11.8 Å². The van der Waals surface area contributed by atoms with Crippen LogP contribution in [0.3, 0.4) is 0 Å². The van der Waals surface area contributed by atoms with Crippen LogP contribution in [-0.4, -0.2) is 29.0 Å². The van der Waals surface area contributed by atoms with Crippen LogP contribution in [0.4, 0.5) is 5.82 Å². The Balaban J connectivity index is 1.51. The van der Waals surface area contributed by atoms with E-state index in [2.05, 4.69) is 20.6 Å². The minimum absolute atomic E-state index is 0.0381. The number of hydrogen-bond acceptors (Lipinski definition) is 4. The van der Waals surface area contributed by atoms with Crippen LogP contribution in [0, 0.1) is 12.8 Å². The molecule has 1 aromatic rings. The minimum Gasteiger partial charge on any atom is -0.361 e. The molecule has 0 spiro atoms. The normalized spacial score (nSPS) is 18.2. The Labute approximate surface area is 113 Å². The van der Waals surface area contributed by atoms with Crippen LogP contribution in [0.5, 0.6) is 0 Å². The molecule has 5 nitrogen and oxygen atoms in total. The molecule has 0 aromatic carbocycles. The fourth-order valence-corrected chi connectivity index (χ4v) is 2.02. The number of carbonyl (C=O) groups excluding carboxylic acids is 1. The first kappa shape index (κ1) is 12.4. The largest absolute Gasteiger partial charge is 0.361 e. The lowest BCUT2D eigenvalue weighted by Gasteiger charge is -2.08. The van der Waals surface area contributed by atoms with Crippen molar-refractivity contribution in [1.82, 2.24) is 15.3 Å². The second-order valence-corrected chi connectivity index (χ2v) is 5.63. The van der Waals surface area contributed by atoms with Gasteiger partial charge in [-0.2, -0.15) is 0 Å². The lowest BCUT2D eigenvalue weighted by Crippen LogP contribution is -2.31. The summed E-state index contributed by atoms with van der Waals surface area (Å²) in [7, 11) is 0. The monoisotopic (exact) mass is 260 g/mol. The van der Waals surface area contributed by atoms with Crippen molar-refractivity contribution in [3.8, 4) is 0 Å². The van der Waals surface area contributed by atoms with Crippen LogP contribution < -0.4 is 10.6 Å². The van der Waals surface area contributed by atoms with Crippen molar-refractivity contribution in [2.24, 2.45) is 5.92 Å². The molecule has 0 atom stereocenters. The van der Waals surface area contributed by atoms with E-state index in [1.807, 2.05) is 13.0 Å². The minimum atomic E-state index is 0.0381. The zero-order chi connectivity index (χ0) is 13.2. The molecule has 0 aliphatic heterocycles. The van der Waals surface area contributed by atoms with Gasteiger partial charge in [-0.25, -0.2) is 9.97 Å². The molecule has 2 aliphatic carbocycles. The number of aryl methyl sites for hydroxylation is 1. The summed E-state index contributed by atoms with van der Waals surface area (Å²) in [4.78, 5) is 20.6. The van der Waals surface area contributed by atoms with Crippen LogP contribution in [-0.2, 0) is 4.79 Å². The fraction of sp³-hybridized carbons (Fsp3) is 0.643. The third-order valence-electron chi connectivity index (χ3n) is 3.53. The molecule has 102 valence electrons. The van der Waals surface area contributed by atoms with Crippen molar-refractivity contribution in [2.75, 3.05) is 18.4 Å². The van der Waals surface area contributed by atoms with Gasteiger partial charge in [0.25, 0.3) is 0 Å². The molecule has 5 heteroatoms. The number of rotatable bonds is 6. The van der Waals surface area contributed by atoms with Crippen LogP contribution in [0.25, 0.3) is 0 Å². The van der Waals surface area contributed by atoms with Gasteiger partial charge in [0, 0.05) is 24.2 Å². The molecular weight excluding hydrogens is 240 g/mol. The first-order valence-electron chi connectivity index (χ1n) is 7.07. The molecule has 1 aromatic heterocycles. The van der Waals surface area contributed by atoms with Gasteiger partial charge in [0.1, 0.15) is 11.6 Å². The highest BCUT2D eigenvalue weighted by Gasteiger charge is 2.27. The SMILES string of the molecule is Cc1cc(NCC(=O)NCC2CC2)nc(C2CC2)n1. The molecule has 3 rings (SSSR count). The Kier molecular flexibility index (Phi) is 3.36. The summed E-state index contributed by atoms with van der Waals surface area (Å²) in [5.41, 5.74) is 0.956. The van der Waals surface area contributed by atoms with Crippen molar-refractivity contribution in [2.45, 2.75) is 38.5 Å². The van der Waals surface area contributed by atoms with Crippen LogP contribution in [0.2, 0.25) is 0 Å². The summed E-state index contributed by atoms with van der Waals surface area (Å²) >= 11 is 0. The number of anilines is 1. The summed E-state index contributed by atoms with van der Waals surface area (Å²) < 4.78 is 0. The van der Waals surface area contributed by atoms with E-state index in [1.165, 1.54) is 25.7 Å². The third kappa shape index (κ3) is 3.66. The van der Waals surface area contributed by atoms with Gasteiger partial charge in [-0.15, -0.1) is 0 Å². The van der Waals surface area contributed by atoms with Crippen molar-refractivity contribution < 1.29 is 4.79 Å². The van der Waals surface area contributed by atoms with E-state index in [-0.39, 0.29) is 12.5 Å². The number of amides is 1. The maximum atomic E-state index is 11.6. The molecule has 0 radical (unpaired) electrons. The summed E-state index contributed by atoms with van der Waals surface area (Å²) in [6, 6.07) is 1.89. The van der Waals surface area contributed by atoms with Crippen molar-refractivity contribution in [3.63, 3.8) is 0 Å². The number of nitrogens with zero attached hydrogens (tertiary/aromatic N) is 2. The van der Waals surface area contributed by atoms with Gasteiger partial charge in [0.2, 0.25) is 5.91 Å². The van der Waals surface area contributed by atoms with Crippen molar-refractivity contribution >= 4 is 11.7 Å². The Morgan fingerprint density at radius 2 is 2.11 bits per heavy atom. The first-order chi connectivity index (χ1) is 9.20. The average molecular weight is 260 g/mol. The van der Waals surface area contributed by atoms with E-state index in [4.69, 9.17) is 0 Å². The molecule has 1 amide bonds. The van der Waals surface area contributed by atoms with Crippen LogP contribution in [0.15, 0.2) is 6.07 Å². The van der Waals surface area contributed by atoms with E-state index in [9.17, 15) is 4.79 Å². The van der Waals surface area contributed by atoms with Gasteiger partial charge in [0.05, 0.1) is 6.54 Å². The highest BCUT2D eigenvalue weighted by atomic mass is 16.1. The fourth-order valence-electron chi connectivity index (χ4n) is 2.02. The predicted octanol–water partition coefficient (Wildman–Crippen LogP) is 1.60. The Morgan fingerprint density at radius 3 is 2.79 bits per heavy atom. The Hall–Kier alpha value is -1.65. The maximum Gasteiger partial charge on any atom is 0.239 e. The highest BCUT2D eigenvalue weighted by molar-refractivity contribution is 5.80. The Bertz CT molecular complexity index is 480. The second kappa shape index (κ2) is 5.15. The van der Waals surface area contributed by atoms with Crippen LogP contribution >= 0.6 is 0 Å². The summed E-state index contributed by atoms with van der Waals surface area (Å²) in [6.45, 7) is 3.07. The molecule has 2 N–H and O–H groups in total. The lowest BCUT2D eigenvalue weighted by atomic mass is 10.3. The quantitative estimate of drug-likeness (QED) is 0.815. The van der Waals surface area contributed by atoms with Gasteiger partial charge in [-0.3, -0.25) is 4.79 Å². The van der Waals surface area contributed by atoms with E-state index < -0.39 is 0 Å². The van der Waals surface area contributed by atoms with Gasteiger partial charge >= 0.3 is 0 Å². The number of nitrogens with one attached hydrogen (secondary N) is 2. The zero-order valence-corrected chi connectivity index (χ0v) is 11.3. The number of hydrogen-bond donors (Lipinski definition) is 2. The molecule has 0 saturated heterocycles. The van der Waals surface area contributed by atoms with Crippen molar-refractivity contribution in [3.05, 3.63) is 17.6 Å². The molecule has 2 fully saturated rings. The second-order valence-electron chi connectivity index (χ2n) is 5.63. The molecule has 19 heavy (non-hydrogen) atoms. The van der Waals surface area contributed by atoms with Gasteiger partial charge in [-0.1, -0.05) is 0 Å².